The first kappa shape index (κ1) is 19.8. The molecule has 1 fully saturated rings. The quantitative estimate of drug-likeness (QED) is 0.454. The van der Waals surface area contributed by atoms with E-state index >= 15 is 0 Å². The number of piperidine rings is 1. The summed E-state index contributed by atoms with van der Waals surface area (Å²) in [6.07, 6.45) is 2.36. The van der Waals surface area contributed by atoms with E-state index in [4.69, 9.17) is 17.0 Å². The molecule has 0 atom stereocenters. The second-order valence-corrected chi connectivity index (χ2v) is 8.75. The standard InChI is InChI=1S/C20H20Br2FNOS/c1-13-6-8-24(9-7-13)20(26)15-10-17(21)19(18(22)11-15)25-12-14-2-4-16(23)5-3-14/h2-5,10-11,13H,6-9,12H2,1H3. The van der Waals surface area contributed by atoms with Crippen molar-refractivity contribution in [2.24, 2.45) is 5.92 Å². The summed E-state index contributed by atoms with van der Waals surface area (Å²) in [7, 11) is 0. The van der Waals surface area contributed by atoms with Crippen LogP contribution in [0, 0.1) is 11.7 Å². The summed E-state index contributed by atoms with van der Waals surface area (Å²) in [5.41, 5.74) is 1.91. The highest BCUT2D eigenvalue weighted by atomic mass is 79.9. The van der Waals surface area contributed by atoms with Gasteiger partial charge in [0, 0.05) is 18.7 Å². The number of hydrogen-bond acceptors (Lipinski definition) is 2. The molecule has 0 aliphatic carbocycles. The summed E-state index contributed by atoms with van der Waals surface area (Å²) >= 11 is 12.9. The Morgan fingerprint density at radius 2 is 1.73 bits per heavy atom. The van der Waals surface area contributed by atoms with Gasteiger partial charge in [-0.05, 0) is 80.4 Å². The minimum Gasteiger partial charge on any atom is -0.487 e. The maximum atomic E-state index is 13.0. The zero-order chi connectivity index (χ0) is 18.7. The number of rotatable bonds is 4. The number of benzene rings is 2. The molecule has 1 saturated heterocycles. The molecule has 0 unspecified atom stereocenters. The van der Waals surface area contributed by atoms with E-state index in [1.54, 1.807) is 12.1 Å². The second kappa shape index (κ2) is 8.81. The van der Waals surface area contributed by atoms with Crippen LogP contribution >= 0.6 is 44.1 Å². The van der Waals surface area contributed by atoms with E-state index < -0.39 is 0 Å². The molecule has 0 bridgehead atoms. The fraction of sp³-hybridized carbons (Fsp3) is 0.350. The predicted molar refractivity (Wildman–Crippen MR) is 114 cm³/mol. The second-order valence-electron chi connectivity index (χ2n) is 6.66. The SMILES string of the molecule is CC1CCN(C(=S)c2cc(Br)c(OCc3ccc(F)cc3)c(Br)c2)CC1. The van der Waals surface area contributed by atoms with Crippen LogP contribution < -0.4 is 4.74 Å². The van der Waals surface area contributed by atoms with Crippen LogP contribution in [0.3, 0.4) is 0 Å². The van der Waals surface area contributed by atoms with E-state index in [9.17, 15) is 4.39 Å². The Bertz CT molecular complexity index is 766. The van der Waals surface area contributed by atoms with Crippen molar-refractivity contribution in [2.45, 2.75) is 26.4 Å². The maximum Gasteiger partial charge on any atom is 0.148 e. The lowest BCUT2D eigenvalue weighted by Crippen LogP contribution is -2.37. The largest absolute Gasteiger partial charge is 0.487 e. The lowest BCUT2D eigenvalue weighted by Gasteiger charge is -2.32. The molecule has 2 aromatic carbocycles. The first-order valence-electron chi connectivity index (χ1n) is 8.59. The van der Waals surface area contributed by atoms with Crippen LogP contribution in [0.4, 0.5) is 4.39 Å². The third-order valence-corrected chi connectivity index (χ3v) is 6.28. The minimum atomic E-state index is -0.249. The molecule has 6 heteroatoms. The third kappa shape index (κ3) is 4.84. The Morgan fingerprint density at radius 1 is 1.15 bits per heavy atom. The van der Waals surface area contributed by atoms with Crippen molar-refractivity contribution in [3.05, 3.63) is 62.3 Å². The highest BCUT2D eigenvalue weighted by Gasteiger charge is 2.20. The molecular weight excluding hydrogens is 481 g/mol. The van der Waals surface area contributed by atoms with Crippen LogP contribution in [0.1, 0.15) is 30.9 Å². The Labute approximate surface area is 176 Å². The molecule has 138 valence electrons. The molecule has 3 rings (SSSR count). The summed E-state index contributed by atoms with van der Waals surface area (Å²) in [5, 5.41) is 0. The van der Waals surface area contributed by atoms with Crippen molar-refractivity contribution in [3.63, 3.8) is 0 Å². The van der Waals surface area contributed by atoms with Crippen LogP contribution in [0.15, 0.2) is 45.3 Å². The topological polar surface area (TPSA) is 12.5 Å². The molecule has 1 heterocycles. The highest BCUT2D eigenvalue weighted by Crippen LogP contribution is 2.36. The maximum absolute atomic E-state index is 13.0. The monoisotopic (exact) mass is 499 g/mol. The van der Waals surface area contributed by atoms with Gasteiger partial charge in [0.15, 0.2) is 0 Å². The van der Waals surface area contributed by atoms with Gasteiger partial charge >= 0.3 is 0 Å². The van der Waals surface area contributed by atoms with Gasteiger partial charge in [0.1, 0.15) is 23.2 Å². The molecule has 0 aromatic heterocycles. The fourth-order valence-electron chi connectivity index (χ4n) is 2.95. The van der Waals surface area contributed by atoms with Crippen LogP contribution in [0.2, 0.25) is 0 Å². The van der Waals surface area contributed by atoms with E-state index in [1.165, 1.54) is 25.0 Å². The Morgan fingerprint density at radius 3 is 2.31 bits per heavy atom. The van der Waals surface area contributed by atoms with Crippen LogP contribution in [-0.2, 0) is 6.61 Å². The summed E-state index contributed by atoms with van der Waals surface area (Å²) in [6, 6.07) is 10.3. The van der Waals surface area contributed by atoms with Crippen molar-refractivity contribution in [1.29, 1.82) is 0 Å². The Balaban J connectivity index is 1.71. The Kier molecular flexibility index (Phi) is 6.70. The molecule has 0 radical (unpaired) electrons. The zero-order valence-corrected chi connectivity index (χ0v) is 18.5. The summed E-state index contributed by atoms with van der Waals surface area (Å²) in [4.78, 5) is 3.16. The van der Waals surface area contributed by atoms with Crippen molar-refractivity contribution in [1.82, 2.24) is 4.90 Å². The third-order valence-electron chi connectivity index (χ3n) is 4.61. The molecule has 1 aliphatic heterocycles. The van der Waals surface area contributed by atoms with Gasteiger partial charge < -0.3 is 9.64 Å². The van der Waals surface area contributed by atoms with Gasteiger partial charge in [-0.3, -0.25) is 0 Å². The van der Waals surface area contributed by atoms with Crippen molar-refractivity contribution in [2.75, 3.05) is 13.1 Å². The molecule has 0 spiro atoms. The van der Waals surface area contributed by atoms with Gasteiger partial charge in [0.2, 0.25) is 0 Å². The summed E-state index contributed by atoms with van der Waals surface area (Å²) < 4.78 is 20.6. The number of ether oxygens (including phenoxy) is 1. The first-order chi connectivity index (χ1) is 12.4. The van der Waals surface area contributed by atoms with Crippen molar-refractivity contribution < 1.29 is 9.13 Å². The fourth-order valence-corrected chi connectivity index (χ4v) is 4.67. The lowest BCUT2D eigenvalue weighted by molar-refractivity contribution is 0.284. The predicted octanol–water partition coefficient (Wildman–Crippen LogP) is 6.34. The lowest BCUT2D eigenvalue weighted by atomic mass is 9.99. The van der Waals surface area contributed by atoms with Gasteiger partial charge in [0.05, 0.1) is 8.95 Å². The van der Waals surface area contributed by atoms with Crippen LogP contribution in [-0.4, -0.2) is 23.0 Å². The highest BCUT2D eigenvalue weighted by molar-refractivity contribution is 9.11. The van der Waals surface area contributed by atoms with Crippen LogP contribution in [0.25, 0.3) is 0 Å². The first-order valence-corrected chi connectivity index (χ1v) is 10.6. The number of thiocarbonyl (C=S) groups is 1. The van der Waals surface area contributed by atoms with Gasteiger partial charge in [-0.1, -0.05) is 31.3 Å². The van der Waals surface area contributed by atoms with Gasteiger partial charge in [0.25, 0.3) is 0 Å². The number of halogens is 3. The van der Waals surface area contributed by atoms with Gasteiger partial charge in [-0.2, -0.15) is 0 Å². The molecule has 0 N–H and O–H groups in total. The van der Waals surface area contributed by atoms with E-state index in [1.807, 2.05) is 12.1 Å². The van der Waals surface area contributed by atoms with Crippen molar-refractivity contribution in [3.8, 4) is 5.75 Å². The summed E-state index contributed by atoms with van der Waals surface area (Å²) in [6.45, 7) is 4.68. The molecule has 26 heavy (non-hydrogen) atoms. The number of hydrogen-bond donors (Lipinski definition) is 0. The number of likely N-dealkylation sites (tertiary alicyclic amines) is 1. The smallest absolute Gasteiger partial charge is 0.148 e. The molecule has 0 saturated carbocycles. The number of nitrogens with zero attached hydrogens (tertiary/aromatic N) is 1. The van der Waals surface area contributed by atoms with E-state index in [0.717, 1.165) is 44.1 Å². The van der Waals surface area contributed by atoms with Crippen molar-refractivity contribution >= 4 is 49.1 Å². The Hall–Kier alpha value is -0.980. The average molecular weight is 501 g/mol. The average Bonchev–Trinajstić information content (AvgIpc) is 2.62. The van der Waals surface area contributed by atoms with E-state index in [2.05, 4.69) is 43.7 Å². The molecule has 2 nitrogen and oxygen atoms in total. The van der Waals surface area contributed by atoms with E-state index in [-0.39, 0.29) is 5.82 Å². The van der Waals surface area contributed by atoms with E-state index in [0.29, 0.717) is 12.4 Å². The summed E-state index contributed by atoms with van der Waals surface area (Å²) in [5.74, 6) is 1.24. The molecule has 0 amide bonds. The molecular formula is C20H20Br2FNOS. The van der Waals surface area contributed by atoms with Gasteiger partial charge in [-0.15, -0.1) is 0 Å². The molecule has 1 aliphatic rings. The molecule has 2 aromatic rings. The normalized spacial score (nSPS) is 15.2. The zero-order valence-electron chi connectivity index (χ0n) is 14.5. The minimum absolute atomic E-state index is 0.249. The van der Waals surface area contributed by atoms with Crippen LogP contribution in [0.5, 0.6) is 5.75 Å². The van der Waals surface area contributed by atoms with Gasteiger partial charge in [-0.25, -0.2) is 4.39 Å².